The lowest BCUT2D eigenvalue weighted by molar-refractivity contribution is -0.122. The average Bonchev–Trinajstić information content (AvgIpc) is 3.49. The zero-order chi connectivity index (χ0) is 25.4. The Morgan fingerprint density at radius 3 is 2.67 bits per heavy atom. The highest BCUT2D eigenvalue weighted by molar-refractivity contribution is 7.21. The number of anilines is 1. The molecule has 1 fully saturated rings. The van der Waals surface area contributed by atoms with Gasteiger partial charge >= 0.3 is 6.09 Å². The molecule has 0 unspecified atom stereocenters. The van der Waals surface area contributed by atoms with E-state index in [2.05, 4.69) is 15.3 Å². The van der Waals surface area contributed by atoms with Gasteiger partial charge in [0.15, 0.2) is 15.5 Å². The number of rotatable bonds is 4. The quantitative estimate of drug-likeness (QED) is 0.575. The first-order chi connectivity index (χ1) is 17.2. The molecule has 0 radical (unpaired) electrons. The molecule has 3 aromatic rings. The van der Waals surface area contributed by atoms with Crippen molar-refractivity contribution in [2.24, 2.45) is 0 Å². The maximum atomic E-state index is 13.2. The number of aromatic nitrogens is 3. The van der Waals surface area contributed by atoms with Gasteiger partial charge in [-0.25, -0.2) is 14.8 Å². The lowest BCUT2D eigenvalue weighted by atomic mass is 10.2. The number of hydrogen-bond donors (Lipinski definition) is 1. The van der Waals surface area contributed by atoms with E-state index in [9.17, 15) is 14.4 Å². The molecule has 1 aromatic carbocycles. The molecule has 4 heterocycles. The van der Waals surface area contributed by atoms with Crippen LogP contribution in [0.1, 0.15) is 45.0 Å². The number of amides is 2. The maximum absolute atomic E-state index is 13.2. The van der Waals surface area contributed by atoms with Crippen molar-refractivity contribution in [3.8, 4) is 0 Å². The van der Waals surface area contributed by atoms with Crippen LogP contribution in [0.3, 0.4) is 0 Å². The highest BCUT2D eigenvalue weighted by Gasteiger charge is 2.34. The van der Waals surface area contributed by atoms with Crippen molar-refractivity contribution in [2.75, 3.05) is 18.0 Å². The largest absolute Gasteiger partial charge is 0.444 e. The Bertz CT molecular complexity index is 1350. The Labute approximate surface area is 212 Å². The van der Waals surface area contributed by atoms with Crippen molar-refractivity contribution in [3.63, 3.8) is 0 Å². The number of carbonyl (C=O) groups is 2. The molecule has 1 atom stereocenters. The second-order valence-corrected chi connectivity index (χ2v) is 11.0. The number of fused-ring (bicyclic) bond motifs is 2. The number of nitrogens with zero attached hydrogens (tertiary/aromatic N) is 5. The van der Waals surface area contributed by atoms with Crippen molar-refractivity contribution < 1.29 is 14.3 Å². The standard InChI is InChI=1S/C25H30N6O4S/c1-25(2,3)35-24(34)29-12-13-31-18(15-29)27-21-19(22(31)33)28-23(36-21)30-11-7-10-17(30)20(32)26-14-16-8-5-4-6-9-16/h4-6,8-9,17H,7,10-15H2,1-3H3,(H,26,32)/t17-/m1/s1. The fourth-order valence-corrected chi connectivity index (χ4v) is 5.56. The summed E-state index contributed by atoms with van der Waals surface area (Å²) < 4.78 is 7.07. The van der Waals surface area contributed by atoms with Crippen molar-refractivity contribution in [1.82, 2.24) is 24.8 Å². The molecule has 2 aliphatic heterocycles. The molecular weight excluding hydrogens is 480 g/mol. The van der Waals surface area contributed by atoms with Gasteiger partial charge in [-0.2, -0.15) is 0 Å². The third-order valence-electron chi connectivity index (χ3n) is 6.28. The van der Waals surface area contributed by atoms with E-state index in [1.807, 2.05) is 56.0 Å². The van der Waals surface area contributed by atoms with E-state index in [0.29, 0.717) is 47.5 Å². The molecular formula is C25H30N6O4S. The summed E-state index contributed by atoms with van der Waals surface area (Å²) in [5.74, 6) is 0.464. The molecule has 10 nitrogen and oxygen atoms in total. The van der Waals surface area contributed by atoms with Crippen molar-refractivity contribution in [1.29, 1.82) is 0 Å². The molecule has 2 aliphatic rings. The minimum atomic E-state index is -0.599. The van der Waals surface area contributed by atoms with Crippen LogP contribution in [0.4, 0.5) is 9.93 Å². The molecule has 36 heavy (non-hydrogen) atoms. The van der Waals surface area contributed by atoms with Crippen LogP contribution in [0.2, 0.25) is 0 Å². The van der Waals surface area contributed by atoms with Gasteiger partial charge in [-0.3, -0.25) is 19.1 Å². The van der Waals surface area contributed by atoms with Gasteiger partial charge in [0.1, 0.15) is 17.5 Å². The molecule has 0 spiro atoms. The number of thiazole rings is 1. The number of benzene rings is 1. The molecule has 1 saturated heterocycles. The van der Waals surface area contributed by atoms with Gasteiger partial charge in [-0.1, -0.05) is 41.7 Å². The molecule has 0 aliphatic carbocycles. The van der Waals surface area contributed by atoms with Gasteiger partial charge in [0.2, 0.25) is 5.91 Å². The Kier molecular flexibility index (Phi) is 6.42. The van der Waals surface area contributed by atoms with Crippen LogP contribution in [0.15, 0.2) is 35.1 Å². The van der Waals surface area contributed by atoms with E-state index in [1.54, 1.807) is 9.47 Å². The molecule has 5 rings (SSSR count). The van der Waals surface area contributed by atoms with E-state index >= 15 is 0 Å². The van der Waals surface area contributed by atoms with Crippen molar-refractivity contribution >= 4 is 38.8 Å². The van der Waals surface area contributed by atoms with E-state index in [0.717, 1.165) is 18.4 Å². The normalized spacial score (nSPS) is 17.8. The highest BCUT2D eigenvalue weighted by atomic mass is 32.1. The van der Waals surface area contributed by atoms with E-state index in [1.165, 1.54) is 11.3 Å². The average molecular weight is 511 g/mol. The number of nitrogens with one attached hydrogen (secondary N) is 1. The Morgan fingerprint density at radius 2 is 1.92 bits per heavy atom. The van der Waals surface area contributed by atoms with Gasteiger partial charge in [0.25, 0.3) is 5.56 Å². The molecule has 0 bridgehead atoms. The zero-order valence-electron chi connectivity index (χ0n) is 20.7. The number of ether oxygens (including phenoxy) is 1. The molecule has 190 valence electrons. The topological polar surface area (TPSA) is 110 Å². The first-order valence-corrected chi connectivity index (χ1v) is 13.0. The smallest absolute Gasteiger partial charge is 0.410 e. The molecule has 11 heteroatoms. The highest BCUT2D eigenvalue weighted by Crippen LogP contribution is 2.32. The molecule has 0 saturated carbocycles. The van der Waals surface area contributed by atoms with Crippen LogP contribution in [0.5, 0.6) is 0 Å². The zero-order valence-corrected chi connectivity index (χ0v) is 21.5. The lowest BCUT2D eigenvalue weighted by Crippen LogP contribution is -2.44. The summed E-state index contributed by atoms with van der Waals surface area (Å²) in [4.78, 5) is 52.1. The van der Waals surface area contributed by atoms with E-state index in [4.69, 9.17) is 4.74 Å². The van der Waals surface area contributed by atoms with Crippen molar-refractivity contribution in [2.45, 2.75) is 64.9 Å². The lowest BCUT2D eigenvalue weighted by Gasteiger charge is -2.31. The fraction of sp³-hybridized carbons (Fsp3) is 0.480. The van der Waals surface area contributed by atoms with Crippen LogP contribution in [-0.2, 0) is 29.2 Å². The summed E-state index contributed by atoms with van der Waals surface area (Å²) in [7, 11) is 0. The summed E-state index contributed by atoms with van der Waals surface area (Å²) in [6.07, 6.45) is 1.17. The second-order valence-electron chi connectivity index (χ2n) is 10.1. The van der Waals surface area contributed by atoms with E-state index < -0.39 is 11.7 Å². The SMILES string of the molecule is CC(C)(C)OC(=O)N1CCn2c(nc3sc(N4CCC[C@@H]4C(=O)NCc4ccccc4)nc3c2=O)C1. The Balaban J connectivity index is 1.35. The van der Waals surface area contributed by atoms with Gasteiger partial charge in [-0.05, 0) is 39.2 Å². The summed E-state index contributed by atoms with van der Waals surface area (Å²) in [6.45, 7) is 7.51. The summed E-state index contributed by atoms with van der Waals surface area (Å²) in [5.41, 5.74) is 0.529. The summed E-state index contributed by atoms with van der Waals surface area (Å²) >= 11 is 1.31. The van der Waals surface area contributed by atoms with Crippen LogP contribution < -0.4 is 15.8 Å². The number of carbonyl (C=O) groups excluding carboxylic acids is 2. The van der Waals surface area contributed by atoms with Crippen molar-refractivity contribution in [3.05, 3.63) is 52.1 Å². The van der Waals surface area contributed by atoms with Gasteiger partial charge in [0, 0.05) is 26.2 Å². The summed E-state index contributed by atoms with van der Waals surface area (Å²) in [5, 5.41) is 3.65. The third kappa shape index (κ3) is 4.92. The Morgan fingerprint density at radius 1 is 1.14 bits per heavy atom. The second kappa shape index (κ2) is 9.53. The first kappa shape index (κ1) is 24.2. The van der Waals surface area contributed by atoms with Crippen LogP contribution >= 0.6 is 11.3 Å². The number of hydrogen-bond acceptors (Lipinski definition) is 8. The van der Waals surface area contributed by atoms with Gasteiger partial charge in [-0.15, -0.1) is 0 Å². The first-order valence-electron chi connectivity index (χ1n) is 12.2. The van der Waals surface area contributed by atoms with Crippen LogP contribution in [-0.4, -0.2) is 56.2 Å². The minimum Gasteiger partial charge on any atom is -0.444 e. The minimum absolute atomic E-state index is 0.0485. The predicted molar refractivity (Wildman–Crippen MR) is 137 cm³/mol. The maximum Gasteiger partial charge on any atom is 0.410 e. The predicted octanol–water partition coefficient (Wildman–Crippen LogP) is 2.89. The van der Waals surface area contributed by atoms with E-state index in [-0.39, 0.29) is 24.1 Å². The third-order valence-corrected chi connectivity index (χ3v) is 7.26. The van der Waals surface area contributed by atoms with Crippen LogP contribution in [0.25, 0.3) is 10.3 Å². The molecule has 2 amide bonds. The van der Waals surface area contributed by atoms with Crippen LogP contribution in [0, 0.1) is 0 Å². The summed E-state index contributed by atoms with van der Waals surface area (Å²) in [6, 6.07) is 9.45. The molecule has 2 aromatic heterocycles. The Hall–Kier alpha value is -3.47. The fourth-order valence-electron chi connectivity index (χ4n) is 4.54. The van der Waals surface area contributed by atoms with Gasteiger partial charge < -0.3 is 15.0 Å². The monoisotopic (exact) mass is 510 g/mol. The molecule has 1 N–H and O–H groups in total. The van der Waals surface area contributed by atoms with Gasteiger partial charge in [0.05, 0.1) is 6.54 Å².